The van der Waals surface area contributed by atoms with E-state index in [0.29, 0.717) is 29.1 Å². The van der Waals surface area contributed by atoms with Crippen molar-refractivity contribution in [2.24, 2.45) is 5.10 Å². The average Bonchev–Trinajstić information content (AvgIpc) is 3.18. The molecule has 1 unspecified atom stereocenters. The van der Waals surface area contributed by atoms with Crippen LogP contribution >= 0.6 is 15.9 Å². The number of aromatic amines is 1. The summed E-state index contributed by atoms with van der Waals surface area (Å²) in [6.45, 7) is 5.32. The summed E-state index contributed by atoms with van der Waals surface area (Å²) in [4.78, 5) is 27.0. The summed E-state index contributed by atoms with van der Waals surface area (Å²) in [5, 5.41) is 4.20. The number of H-pyrrole nitrogens is 1. The third-order valence-corrected chi connectivity index (χ3v) is 4.71. The first-order valence-electron chi connectivity index (χ1n) is 8.50. The zero-order chi connectivity index (χ0) is 19.6. The third kappa shape index (κ3) is 4.21. The topological polar surface area (TPSA) is 92.8 Å². The predicted molar refractivity (Wildman–Crippen MR) is 104 cm³/mol. The minimum Gasteiger partial charge on any atom is -0.466 e. The van der Waals surface area contributed by atoms with Crippen LogP contribution < -0.4 is 5.43 Å². The number of hydrazone groups is 1. The molecule has 2 aromatic rings. The van der Waals surface area contributed by atoms with Gasteiger partial charge < -0.3 is 14.5 Å². The standard InChI is InChI=1S/C19H20BrN3O4/c1-10-16(18(25)13-5-4-6-14(20)9-13)11(2)21-17(10)19-23-22-15(27-19)7-8-26-12(3)24/h4-6,9,15,21-22H,7-8H2,1-3H3. The number of ether oxygens (including phenoxy) is 2. The quantitative estimate of drug-likeness (QED) is 0.538. The number of halogens is 1. The SMILES string of the molecule is CC(=O)OCCC1NN=C(c2[nH]c(C)c(C(=O)c3cccc(Br)c3)c2C)O1. The lowest BCUT2D eigenvalue weighted by Crippen LogP contribution is -2.24. The maximum Gasteiger partial charge on any atom is 0.302 e. The molecule has 0 spiro atoms. The summed E-state index contributed by atoms with van der Waals surface area (Å²) in [7, 11) is 0. The Labute approximate surface area is 165 Å². The second-order valence-corrected chi connectivity index (χ2v) is 7.16. The Bertz CT molecular complexity index is 920. The van der Waals surface area contributed by atoms with Gasteiger partial charge in [-0.2, -0.15) is 0 Å². The molecule has 3 rings (SSSR count). The normalized spacial score (nSPS) is 15.7. The van der Waals surface area contributed by atoms with Gasteiger partial charge in [0.15, 0.2) is 12.0 Å². The first kappa shape index (κ1) is 19.2. The van der Waals surface area contributed by atoms with E-state index in [2.05, 4.69) is 31.4 Å². The molecule has 0 fully saturated rings. The van der Waals surface area contributed by atoms with E-state index < -0.39 is 0 Å². The first-order chi connectivity index (χ1) is 12.9. The Balaban J connectivity index is 1.77. The van der Waals surface area contributed by atoms with Crippen molar-refractivity contribution in [3.63, 3.8) is 0 Å². The van der Waals surface area contributed by atoms with Gasteiger partial charge in [0, 0.05) is 34.6 Å². The molecule has 1 aliphatic heterocycles. The molecule has 2 N–H and O–H groups in total. The van der Waals surface area contributed by atoms with E-state index in [1.54, 1.807) is 12.1 Å². The number of nitrogens with zero attached hydrogens (tertiary/aromatic N) is 1. The van der Waals surface area contributed by atoms with Crippen molar-refractivity contribution in [1.29, 1.82) is 0 Å². The molecule has 27 heavy (non-hydrogen) atoms. The van der Waals surface area contributed by atoms with Crippen molar-refractivity contribution < 1.29 is 19.1 Å². The molecule has 1 atom stereocenters. The van der Waals surface area contributed by atoms with Gasteiger partial charge in [-0.15, -0.1) is 5.10 Å². The molecule has 1 aromatic heterocycles. The van der Waals surface area contributed by atoms with Crippen LogP contribution in [0.15, 0.2) is 33.8 Å². The first-order valence-corrected chi connectivity index (χ1v) is 9.29. The molecule has 0 saturated carbocycles. The van der Waals surface area contributed by atoms with Crippen LogP contribution in [0.25, 0.3) is 0 Å². The molecule has 0 bridgehead atoms. The molecule has 0 aliphatic carbocycles. The lowest BCUT2D eigenvalue weighted by atomic mass is 10.00. The van der Waals surface area contributed by atoms with E-state index >= 15 is 0 Å². The number of esters is 1. The highest BCUT2D eigenvalue weighted by Gasteiger charge is 2.27. The highest BCUT2D eigenvalue weighted by Crippen LogP contribution is 2.25. The van der Waals surface area contributed by atoms with Gasteiger partial charge in [0.05, 0.1) is 6.61 Å². The Morgan fingerprint density at radius 1 is 1.33 bits per heavy atom. The van der Waals surface area contributed by atoms with E-state index in [-0.39, 0.29) is 24.6 Å². The molecule has 0 amide bonds. The smallest absolute Gasteiger partial charge is 0.302 e. The summed E-state index contributed by atoms with van der Waals surface area (Å²) < 4.78 is 11.5. The molecule has 8 heteroatoms. The number of nitrogens with one attached hydrogen (secondary N) is 2. The number of rotatable bonds is 6. The van der Waals surface area contributed by atoms with Crippen molar-refractivity contribution in [3.05, 3.63) is 56.8 Å². The Hall–Kier alpha value is -2.61. The van der Waals surface area contributed by atoms with Crippen LogP contribution in [0.1, 0.15) is 46.2 Å². The van der Waals surface area contributed by atoms with Gasteiger partial charge in [0.1, 0.15) is 5.69 Å². The Morgan fingerprint density at radius 2 is 2.11 bits per heavy atom. The molecule has 1 aliphatic rings. The number of ketones is 1. The molecule has 2 heterocycles. The maximum absolute atomic E-state index is 13.0. The minimum absolute atomic E-state index is 0.0632. The summed E-state index contributed by atoms with van der Waals surface area (Å²) in [5.74, 6) is -0.0100. The van der Waals surface area contributed by atoms with Crippen LogP contribution in [0.3, 0.4) is 0 Å². The zero-order valence-electron chi connectivity index (χ0n) is 15.3. The second-order valence-electron chi connectivity index (χ2n) is 6.25. The highest BCUT2D eigenvalue weighted by molar-refractivity contribution is 9.10. The highest BCUT2D eigenvalue weighted by atomic mass is 79.9. The fourth-order valence-corrected chi connectivity index (χ4v) is 3.34. The zero-order valence-corrected chi connectivity index (χ0v) is 16.8. The van der Waals surface area contributed by atoms with Gasteiger partial charge in [-0.3, -0.25) is 15.0 Å². The maximum atomic E-state index is 13.0. The largest absolute Gasteiger partial charge is 0.466 e. The number of carbonyl (C=O) groups excluding carboxylic acids is 2. The van der Waals surface area contributed by atoms with Gasteiger partial charge >= 0.3 is 5.97 Å². The number of hydrogen-bond acceptors (Lipinski definition) is 6. The third-order valence-electron chi connectivity index (χ3n) is 4.21. The van der Waals surface area contributed by atoms with Crippen LogP contribution in [-0.4, -0.2) is 35.5 Å². The minimum atomic E-state index is -0.383. The van der Waals surface area contributed by atoms with Gasteiger partial charge in [0.25, 0.3) is 5.90 Å². The molecule has 142 valence electrons. The number of benzene rings is 1. The van der Waals surface area contributed by atoms with Gasteiger partial charge in [-0.1, -0.05) is 28.1 Å². The lowest BCUT2D eigenvalue weighted by Gasteiger charge is -2.10. The summed E-state index contributed by atoms with van der Waals surface area (Å²) in [6.07, 6.45) is 0.0846. The molecular formula is C19H20BrN3O4. The van der Waals surface area contributed by atoms with E-state index in [1.165, 1.54) is 6.92 Å². The number of aryl methyl sites for hydroxylation is 1. The van der Waals surface area contributed by atoms with Crippen molar-refractivity contribution >= 4 is 33.6 Å². The van der Waals surface area contributed by atoms with Crippen LogP contribution in [0.2, 0.25) is 0 Å². The van der Waals surface area contributed by atoms with Crippen molar-refractivity contribution in [2.75, 3.05) is 6.61 Å². The molecule has 7 nitrogen and oxygen atoms in total. The fourth-order valence-electron chi connectivity index (χ4n) is 2.94. The van der Waals surface area contributed by atoms with Crippen LogP contribution in [0.5, 0.6) is 0 Å². The second kappa shape index (κ2) is 7.96. The monoisotopic (exact) mass is 433 g/mol. The van der Waals surface area contributed by atoms with E-state index in [0.717, 1.165) is 15.7 Å². The molecule has 0 radical (unpaired) electrons. The van der Waals surface area contributed by atoms with Crippen LogP contribution in [-0.2, 0) is 14.3 Å². The number of aromatic nitrogens is 1. The van der Waals surface area contributed by atoms with Gasteiger partial charge in [-0.05, 0) is 31.5 Å². The summed E-state index contributed by atoms with van der Waals surface area (Å²) in [5.41, 5.74) is 6.27. The average molecular weight is 434 g/mol. The predicted octanol–water partition coefficient (Wildman–Crippen LogP) is 3.19. The Morgan fingerprint density at radius 3 is 2.81 bits per heavy atom. The van der Waals surface area contributed by atoms with Crippen molar-refractivity contribution in [3.8, 4) is 0 Å². The lowest BCUT2D eigenvalue weighted by molar-refractivity contribution is -0.141. The molecule has 1 aromatic carbocycles. The van der Waals surface area contributed by atoms with Crippen molar-refractivity contribution in [1.82, 2.24) is 10.4 Å². The van der Waals surface area contributed by atoms with Crippen LogP contribution in [0.4, 0.5) is 0 Å². The van der Waals surface area contributed by atoms with Crippen molar-refractivity contribution in [2.45, 2.75) is 33.4 Å². The Kier molecular flexibility index (Phi) is 5.65. The van der Waals surface area contributed by atoms with E-state index in [4.69, 9.17) is 9.47 Å². The van der Waals surface area contributed by atoms with Gasteiger partial charge in [-0.25, -0.2) is 0 Å². The molecule has 0 saturated heterocycles. The summed E-state index contributed by atoms with van der Waals surface area (Å²) >= 11 is 3.40. The number of carbonyl (C=O) groups is 2. The molecular weight excluding hydrogens is 414 g/mol. The summed E-state index contributed by atoms with van der Waals surface area (Å²) in [6, 6.07) is 7.29. The fraction of sp³-hybridized carbons (Fsp3) is 0.316. The van der Waals surface area contributed by atoms with Crippen LogP contribution in [0, 0.1) is 13.8 Å². The van der Waals surface area contributed by atoms with E-state index in [9.17, 15) is 9.59 Å². The van der Waals surface area contributed by atoms with E-state index in [1.807, 2.05) is 26.0 Å². The number of hydrogen-bond donors (Lipinski definition) is 2. The van der Waals surface area contributed by atoms with Gasteiger partial charge in [0.2, 0.25) is 0 Å².